The summed E-state index contributed by atoms with van der Waals surface area (Å²) in [6, 6.07) is 0. The van der Waals surface area contributed by atoms with E-state index < -0.39 is 35.8 Å². The molecule has 7 nitrogen and oxygen atoms in total. The molecular formula is C17H33NO6S. The number of nitrogens with two attached hydrogens (primary N) is 1. The van der Waals surface area contributed by atoms with Crippen molar-refractivity contribution in [2.45, 2.75) is 75.8 Å². The smallest absolute Gasteiger partial charge is 0.303 e. The number of hydrogen-bond donors (Lipinski definition) is 3. The lowest BCUT2D eigenvalue weighted by atomic mass is 9.97. The molecule has 1 aliphatic rings. The third-order valence-corrected chi connectivity index (χ3v) is 5.21. The molecule has 148 valence electrons. The molecule has 5 atom stereocenters. The predicted molar refractivity (Wildman–Crippen MR) is 97.3 cm³/mol. The van der Waals surface area contributed by atoms with Crippen molar-refractivity contribution in [1.29, 1.82) is 0 Å². The second kappa shape index (κ2) is 12.9. The fraction of sp³-hybridized carbons (Fsp3) is 0.941. The maximum absolute atomic E-state index is 11.5. The van der Waals surface area contributed by atoms with Gasteiger partial charge in [0.15, 0.2) is 6.10 Å². The minimum atomic E-state index is -0.947. The Morgan fingerprint density at radius 2 is 2.04 bits per heavy atom. The topological polar surface area (TPSA) is 111 Å². The Morgan fingerprint density at radius 1 is 1.28 bits per heavy atom. The molecule has 25 heavy (non-hydrogen) atoms. The molecule has 0 spiro atoms. The third-order valence-electron chi connectivity index (χ3n) is 3.98. The van der Waals surface area contributed by atoms with E-state index in [1.54, 1.807) is 11.8 Å². The molecule has 0 amide bonds. The van der Waals surface area contributed by atoms with E-state index in [0.717, 1.165) is 31.4 Å². The molecule has 1 heterocycles. The van der Waals surface area contributed by atoms with Crippen molar-refractivity contribution in [1.82, 2.24) is 0 Å². The van der Waals surface area contributed by atoms with Crippen LogP contribution in [0.25, 0.3) is 0 Å². The molecule has 0 aromatic rings. The summed E-state index contributed by atoms with van der Waals surface area (Å²) in [5.74, 6) is 0.408. The molecule has 0 bridgehead atoms. The Bertz CT molecular complexity index is 373. The van der Waals surface area contributed by atoms with Gasteiger partial charge in [-0.1, -0.05) is 13.3 Å². The molecular weight excluding hydrogens is 346 g/mol. The highest BCUT2D eigenvalue weighted by atomic mass is 32.2. The lowest BCUT2D eigenvalue weighted by Crippen LogP contribution is -2.59. The summed E-state index contributed by atoms with van der Waals surface area (Å²) in [5, 5.41) is 19.8. The summed E-state index contributed by atoms with van der Waals surface area (Å²) in [7, 11) is 0. The molecule has 8 heteroatoms. The van der Waals surface area contributed by atoms with Crippen molar-refractivity contribution in [3.05, 3.63) is 0 Å². The van der Waals surface area contributed by atoms with Crippen molar-refractivity contribution < 1.29 is 29.2 Å². The van der Waals surface area contributed by atoms with E-state index in [0.29, 0.717) is 19.6 Å². The fourth-order valence-electron chi connectivity index (χ4n) is 2.78. The number of esters is 1. The van der Waals surface area contributed by atoms with Crippen LogP contribution in [0.5, 0.6) is 0 Å². The molecule has 0 saturated carbocycles. The molecule has 1 rings (SSSR count). The number of hydrogen-bond acceptors (Lipinski definition) is 8. The van der Waals surface area contributed by atoms with Gasteiger partial charge in [-0.25, -0.2) is 0 Å². The van der Waals surface area contributed by atoms with Crippen LogP contribution in [0.4, 0.5) is 0 Å². The second-order valence-corrected chi connectivity index (χ2v) is 7.38. The van der Waals surface area contributed by atoms with Crippen molar-refractivity contribution in [2.24, 2.45) is 5.73 Å². The Balaban J connectivity index is 2.79. The molecule has 1 fully saturated rings. The number of carbonyl (C=O) groups is 1. The molecule has 0 radical (unpaired) electrons. The summed E-state index contributed by atoms with van der Waals surface area (Å²) in [6.45, 7) is 4.36. The number of carbonyl (C=O) groups excluding carboxylic acids is 1. The molecule has 0 aromatic carbocycles. The van der Waals surface area contributed by atoms with Crippen LogP contribution in [0.1, 0.15) is 46.0 Å². The Kier molecular flexibility index (Phi) is 11.7. The average Bonchev–Trinajstić information content (AvgIpc) is 2.57. The summed E-state index contributed by atoms with van der Waals surface area (Å²) >= 11 is 1.55. The van der Waals surface area contributed by atoms with Crippen LogP contribution in [0.3, 0.4) is 0 Å². The fourth-order valence-corrected chi connectivity index (χ4v) is 4.00. The van der Waals surface area contributed by atoms with Gasteiger partial charge >= 0.3 is 5.97 Å². The van der Waals surface area contributed by atoms with Gasteiger partial charge in [-0.05, 0) is 38.0 Å². The minimum Gasteiger partial charge on any atom is -0.456 e. The normalized spacial score (nSPS) is 29.6. The Hall–Kier alpha value is -0.380. The maximum atomic E-state index is 11.5. The minimum absolute atomic E-state index is 0.0889. The number of thioether (sulfide) groups is 1. The van der Waals surface area contributed by atoms with E-state index in [2.05, 4.69) is 0 Å². The van der Waals surface area contributed by atoms with Crippen LogP contribution in [0.15, 0.2) is 0 Å². The summed E-state index contributed by atoms with van der Waals surface area (Å²) < 4.78 is 17.2. The van der Waals surface area contributed by atoms with E-state index >= 15 is 0 Å². The summed E-state index contributed by atoms with van der Waals surface area (Å²) in [4.78, 5) is 11.5. The van der Waals surface area contributed by atoms with Gasteiger partial charge in [-0.3, -0.25) is 4.79 Å². The van der Waals surface area contributed by atoms with Crippen molar-refractivity contribution in [3.8, 4) is 0 Å². The summed E-state index contributed by atoms with van der Waals surface area (Å²) in [6.07, 6.45) is 1.28. The first-order chi connectivity index (χ1) is 12.0. The van der Waals surface area contributed by atoms with E-state index in [1.165, 1.54) is 6.92 Å². The molecule has 1 aliphatic heterocycles. The van der Waals surface area contributed by atoms with Gasteiger partial charge in [-0.15, -0.1) is 11.8 Å². The van der Waals surface area contributed by atoms with Gasteiger partial charge < -0.3 is 30.2 Å². The molecule has 0 aliphatic carbocycles. The SMILES string of the molecule is CCCO[C@H]1[C@H](O)[C@@H](CCO)O[C@H](SCCCCCN)[C@H]1OC(C)=O. The number of ether oxygens (including phenoxy) is 3. The van der Waals surface area contributed by atoms with Crippen LogP contribution in [0.2, 0.25) is 0 Å². The Morgan fingerprint density at radius 3 is 2.64 bits per heavy atom. The van der Waals surface area contributed by atoms with Crippen molar-refractivity contribution in [2.75, 3.05) is 25.5 Å². The predicted octanol–water partition coefficient (Wildman–Crippen LogP) is 1.04. The zero-order chi connectivity index (χ0) is 18.7. The first-order valence-corrected chi connectivity index (χ1v) is 10.1. The molecule has 0 aromatic heterocycles. The van der Waals surface area contributed by atoms with Crippen molar-refractivity contribution >= 4 is 17.7 Å². The van der Waals surface area contributed by atoms with E-state index in [4.69, 9.17) is 19.9 Å². The van der Waals surface area contributed by atoms with Gasteiger partial charge in [0.2, 0.25) is 0 Å². The number of unbranched alkanes of at least 4 members (excludes halogenated alkanes) is 2. The Labute approximate surface area is 154 Å². The second-order valence-electron chi connectivity index (χ2n) is 6.18. The highest BCUT2D eigenvalue weighted by molar-refractivity contribution is 7.99. The zero-order valence-corrected chi connectivity index (χ0v) is 16.1. The molecule has 0 unspecified atom stereocenters. The van der Waals surface area contributed by atoms with Gasteiger partial charge in [0.1, 0.15) is 17.6 Å². The van der Waals surface area contributed by atoms with Crippen LogP contribution < -0.4 is 5.73 Å². The van der Waals surface area contributed by atoms with Crippen molar-refractivity contribution in [3.63, 3.8) is 0 Å². The average molecular weight is 380 g/mol. The lowest BCUT2D eigenvalue weighted by Gasteiger charge is -2.43. The van der Waals surface area contributed by atoms with E-state index in [1.807, 2.05) is 6.92 Å². The largest absolute Gasteiger partial charge is 0.456 e. The van der Waals surface area contributed by atoms with E-state index in [-0.39, 0.29) is 6.61 Å². The highest BCUT2D eigenvalue weighted by Gasteiger charge is 2.47. The quantitative estimate of drug-likeness (QED) is 0.341. The highest BCUT2D eigenvalue weighted by Crippen LogP contribution is 2.34. The third kappa shape index (κ3) is 7.80. The van der Waals surface area contributed by atoms with Crippen LogP contribution in [0, 0.1) is 0 Å². The molecule has 4 N–H and O–H groups in total. The van der Waals surface area contributed by atoms with Crippen LogP contribution in [-0.2, 0) is 19.0 Å². The van der Waals surface area contributed by atoms with Gasteiger partial charge in [0, 0.05) is 20.1 Å². The first kappa shape index (κ1) is 22.7. The number of rotatable bonds is 12. The van der Waals surface area contributed by atoms with Gasteiger partial charge in [0.25, 0.3) is 0 Å². The number of aliphatic hydroxyl groups excluding tert-OH is 2. The lowest BCUT2D eigenvalue weighted by molar-refractivity contribution is -0.226. The maximum Gasteiger partial charge on any atom is 0.303 e. The van der Waals surface area contributed by atoms with Crippen LogP contribution >= 0.6 is 11.8 Å². The van der Waals surface area contributed by atoms with Gasteiger partial charge in [0.05, 0.1) is 6.10 Å². The van der Waals surface area contributed by atoms with Gasteiger partial charge in [-0.2, -0.15) is 0 Å². The standard InChI is InChI=1S/C17H33NO6S/c1-3-10-22-15-14(21)13(7-9-19)24-17(16(15)23-12(2)20)25-11-6-4-5-8-18/h13-17,19,21H,3-11,18H2,1-2H3/t13-,14-,15+,16+,17-/m1/s1. The monoisotopic (exact) mass is 379 g/mol. The van der Waals surface area contributed by atoms with E-state index in [9.17, 15) is 15.0 Å². The molecule has 1 saturated heterocycles. The zero-order valence-electron chi connectivity index (χ0n) is 15.3. The van der Waals surface area contributed by atoms with Crippen LogP contribution in [-0.4, -0.2) is 71.5 Å². The summed E-state index contributed by atoms with van der Waals surface area (Å²) in [5.41, 5.74) is 5.08. The first-order valence-electron chi connectivity index (χ1n) is 9.10. The number of aliphatic hydroxyl groups is 2.